The second-order valence-corrected chi connectivity index (χ2v) is 6.56. The van der Waals surface area contributed by atoms with E-state index in [9.17, 15) is 13.6 Å². The fourth-order valence-electron chi connectivity index (χ4n) is 3.07. The van der Waals surface area contributed by atoms with Crippen molar-refractivity contribution in [1.82, 2.24) is 14.5 Å². The first-order chi connectivity index (χ1) is 14.5. The van der Waals surface area contributed by atoms with Crippen molar-refractivity contribution in [2.45, 2.75) is 6.61 Å². The minimum Gasteiger partial charge on any atom is -0.497 e. The molecule has 0 unspecified atom stereocenters. The molecule has 2 aromatic carbocycles. The summed E-state index contributed by atoms with van der Waals surface area (Å²) >= 11 is 5.95. The summed E-state index contributed by atoms with van der Waals surface area (Å²) < 4.78 is 35.8. The molecule has 0 aliphatic carbocycles. The summed E-state index contributed by atoms with van der Waals surface area (Å²) in [5.41, 5.74) is 1.43. The van der Waals surface area contributed by atoms with Crippen molar-refractivity contribution in [3.63, 3.8) is 0 Å². The quantitative estimate of drug-likeness (QED) is 0.430. The van der Waals surface area contributed by atoms with Gasteiger partial charge in [0.1, 0.15) is 11.5 Å². The maximum Gasteiger partial charge on any atom is 0.387 e. The summed E-state index contributed by atoms with van der Waals surface area (Å²) in [5.74, 6) is 0.634. The number of hydrogen-bond donors (Lipinski definition) is 0. The Morgan fingerprint density at radius 1 is 1.03 bits per heavy atom. The number of methoxy groups -OCH3 is 1. The molecule has 0 fully saturated rings. The zero-order valence-electron chi connectivity index (χ0n) is 15.6. The van der Waals surface area contributed by atoms with E-state index in [4.69, 9.17) is 16.3 Å². The van der Waals surface area contributed by atoms with Gasteiger partial charge in [-0.25, -0.2) is 4.98 Å². The van der Waals surface area contributed by atoms with Crippen molar-refractivity contribution in [3.8, 4) is 28.3 Å². The van der Waals surface area contributed by atoms with Crippen molar-refractivity contribution >= 4 is 22.6 Å². The van der Waals surface area contributed by atoms with Gasteiger partial charge in [0.05, 0.1) is 12.8 Å². The van der Waals surface area contributed by atoms with Gasteiger partial charge in [-0.1, -0.05) is 12.1 Å². The molecule has 0 aliphatic rings. The van der Waals surface area contributed by atoms with Crippen LogP contribution in [0.1, 0.15) is 0 Å². The lowest BCUT2D eigenvalue weighted by Gasteiger charge is -2.13. The van der Waals surface area contributed by atoms with Crippen molar-refractivity contribution < 1.29 is 18.3 Å². The summed E-state index contributed by atoms with van der Waals surface area (Å²) in [4.78, 5) is 21.6. The fraction of sp³-hybridized carbons (Fsp3) is 0.0952. The van der Waals surface area contributed by atoms with Crippen LogP contribution >= 0.6 is 11.6 Å². The van der Waals surface area contributed by atoms with E-state index in [1.165, 1.54) is 35.0 Å². The van der Waals surface area contributed by atoms with Gasteiger partial charge in [-0.05, 0) is 59.6 Å². The molecule has 2 aromatic heterocycles. The van der Waals surface area contributed by atoms with Crippen LogP contribution in [-0.4, -0.2) is 28.3 Å². The zero-order chi connectivity index (χ0) is 21.3. The highest BCUT2D eigenvalue weighted by Gasteiger charge is 2.15. The van der Waals surface area contributed by atoms with E-state index in [2.05, 4.69) is 14.7 Å². The van der Waals surface area contributed by atoms with E-state index < -0.39 is 6.61 Å². The van der Waals surface area contributed by atoms with Crippen LogP contribution < -0.4 is 15.0 Å². The summed E-state index contributed by atoms with van der Waals surface area (Å²) in [5, 5.41) is 0.559. The topological polar surface area (TPSA) is 66.2 Å². The van der Waals surface area contributed by atoms with Crippen LogP contribution in [0.3, 0.4) is 0 Å². The lowest BCUT2D eigenvalue weighted by molar-refractivity contribution is -0.0498. The van der Waals surface area contributed by atoms with Crippen molar-refractivity contribution in [1.29, 1.82) is 0 Å². The number of ether oxygens (including phenoxy) is 2. The molecule has 9 heteroatoms. The summed E-state index contributed by atoms with van der Waals surface area (Å²) in [6.07, 6.45) is 1.52. The standard InChI is InChI=1S/C21H14ClF2N3O3/c1-29-15-6-2-12(3-7-15)17-10-13-11-25-20(22)26-18(13)27(19(17)28)14-4-8-16(9-5-14)30-21(23)24/h2-11,21H,1H3. The molecule has 0 amide bonds. The first-order valence-corrected chi connectivity index (χ1v) is 9.12. The first kappa shape index (κ1) is 19.8. The molecule has 0 atom stereocenters. The predicted molar refractivity (Wildman–Crippen MR) is 109 cm³/mol. The number of pyridine rings is 1. The minimum atomic E-state index is -2.94. The van der Waals surface area contributed by atoms with Crippen LogP contribution in [0, 0.1) is 0 Å². The molecule has 0 saturated carbocycles. The van der Waals surface area contributed by atoms with Crippen molar-refractivity contribution in [2.75, 3.05) is 7.11 Å². The molecule has 6 nitrogen and oxygen atoms in total. The van der Waals surface area contributed by atoms with E-state index in [0.717, 1.165) is 0 Å². The Labute approximate surface area is 174 Å². The number of alkyl halides is 2. The Kier molecular flexibility index (Phi) is 5.33. The number of halogens is 3. The van der Waals surface area contributed by atoms with E-state index in [0.29, 0.717) is 33.6 Å². The van der Waals surface area contributed by atoms with Crippen LogP contribution in [0.25, 0.3) is 27.8 Å². The fourth-order valence-corrected chi connectivity index (χ4v) is 3.20. The van der Waals surface area contributed by atoms with E-state index in [1.807, 2.05) is 0 Å². The van der Waals surface area contributed by atoms with Gasteiger partial charge in [0, 0.05) is 17.1 Å². The summed E-state index contributed by atoms with van der Waals surface area (Å²) in [6.45, 7) is -2.94. The Balaban J connectivity index is 1.93. The van der Waals surface area contributed by atoms with Gasteiger partial charge >= 0.3 is 6.61 Å². The van der Waals surface area contributed by atoms with Gasteiger partial charge < -0.3 is 9.47 Å². The molecule has 30 heavy (non-hydrogen) atoms. The number of benzene rings is 2. The molecule has 4 aromatic rings. The van der Waals surface area contributed by atoms with Gasteiger partial charge in [0.15, 0.2) is 5.65 Å². The Morgan fingerprint density at radius 3 is 2.33 bits per heavy atom. The average molecular weight is 430 g/mol. The average Bonchev–Trinajstić information content (AvgIpc) is 2.74. The second kappa shape index (κ2) is 8.08. The molecule has 2 heterocycles. The molecule has 0 N–H and O–H groups in total. The van der Waals surface area contributed by atoms with Crippen molar-refractivity contribution in [3.05, 3.63) is 76.4 Å². The minimum absolute atomic E-state index is 0.0227. The molecule has 0 spiro atoms. The molecule has 0 saturated heterocycles. The highest BCUT2D eigenvalue weighted by molar-refractivity contribution is 6.28. The maximum absolute atomic E-state index is 13.4. The SMILES string of the molecule is COc1ccc(-c2cc3cnc(Cl)nc3n(-c3ccc(OC(F)F)cc3)c2=O)cc1. The number of fused-ring (bicyclic) bond motifs is 1. The number of rotatable bonds is 5. The normalized spacial score (nSPS) is 11.1. The maximum atomic E-state index is 13.4. The van der Waals surface area contributed by atoms with Gasteiger partial charge in [-0.2, -0.15) is 13.8 Å². The second-order valence-electron chi connectivity index (χ2n) is 6.22. The molecule has 4 rings (SSSR count). The third-order valence-electron chi connectivity index (χ3n) is 4.43. The van der Waals surface area contributed by atoms with Crippen LogP contribution in [-0.2, 0) is 0 Å². The predicted octanol–water partition coefficient (Wildman–Crippen LogP) is 4.71. The molecule has 152 valence electrons. The van der Waals surface area contributed by atoms with Gasteiger partial charge in [0.25, 0.3) is 5.56 Å². The van der Waals surface area contributed by atoms with Crippen LogP contribution in [0.15, 0.2) is 65.6 Å². The smallest absolute Gasteiger partial charge is 0.387 e. The van der Waals surface area contributed by atoms with E-state index in [-0.39, 0.29) is 16.6 Å². The Morgan fingerprint density at radius 2 is 1.70 bits per heavy atom. The molecular weight excluding hydrogens is 416 g/mol. The Bertz CT molecular complexity index is 1260. The number of nitrogens with zero attached hydrogens (tertiary/aromatic N) is 3. The summed E-state index contributed by atoms with van der Waals surface area (Å²) in [7, 11) is 1.56. The third-order valence-corrected chi connectivity index (χ3v) is 4.61. The van der Waals surface area contributed by atoms with Gasteiger partial charge in [-0.15, -0.1) is 0 Å². The van der Waals surface area contributed by atoms with E-state index >= 15 is 0 Å². The molecule has 0 radical (unpaired) electrons. The lowest BCUT2D eigenvalue weighted by Crippen LogP contribution is -2.21. The van der Waals surface area contributed by atoms with Crippen LogP contribution in [0.2, 0.25) is 5.28 Å². The highest BCUT2D eigenvalue weighted by atomic mass is 35.5. The molecule has 0 aliphatic heterocycles. The number of aromatic nitrogens is 3. The number of hydrogen-bond acceptors (Lipinski definition) is 5. The highest BCUT2D eigenvalue weighted by Crippen LogP contribution is 2.25. The van der Waals surface area contributed by atoms with Gasteiger partial charge in [0.2, 0.25) is 5.28 Å². The summed E-state index contributed by atoms with van der Waals surface area (Å²) in [6, 6.07) is 14.4. The van der Waals surface area contributed by atoms with E-state index in [1.54, 1.807) is 37.4 Å². The lowest BCUT2D eigenvalue weighted by atomic mass is 10.1. The zero-order valence-corrected chi connectivity index (χ0v) is 16.3. The largest absolute Gasteiger partial charge is 0.497 e. The molecular formula is C21H14ClF2N3O3. The third kappa shape index (κ3) is 3.81. The monoisotopic (exact) mass is 429 g/mol. The Hall–Kier alpha value is -3.52. The van der Waals surface area contributed by atoms with Gasteiger partial charge in [-0.3, -0.25) is 9.36 Å². The molecule has 0 bridgehead atoms. The van der Waals surface area contributed by atoms with Crippen molar-refractivity contribution in [2.24, 2.45) is 0 Å². The first-order valence-electron chi connectivity index (χ1n) is 8.74. The van der Waals surface area contributed by atoms with Crippen LogP contribution in [0.4, 0.5) is 8.78 Å². The van der Waals surface area contributed by atoms with Crippen LogP contribution in [0.5, 0.6) is 11.5 Å².